The second-order valence-electron chi connectivity index (χ2n) is 6.50. The molecule has 28 heavy (non-hydrogen) atoms. The van der Waals surface area contributed by atoms with Crippen LogP contribution in [0.3, 0.4) is 0 Å². The van der Waals surface area contributed by atoms with Crippen LogP contribution >= 0.6 is 39.1 Å². The number of ether oxygens (including phenoxy) is 1. The molecule has 2 atom stereocenters. The van der Waals surface area contributed by atoms with Gasteiger partial charge in [0.05, 0.1) is 17.6 Å². The highest BCUT2D eigenvalue weighted by molar-refractivity contribution is 9.10. The van der Waals surface area contributed by atoms with Crippen molar-refractivity contribution < 1.29 is 4.74 Å². The lowest BCUT2D eigenvalue weighted by Crippen LogP contribution is -2.25. The zero-order valence-electron chi connectivity index (χ0n) is 15.0. The predicted molar refractivity (Wildman–Crippen MR) is 119 cm³/mol. The zero-order valence-corrected chi connectivity index (χ0v) is 18.1. The number of nitrogens with one attached hydrogen (secondary N) is 1. The Morgan fingerprint density at radius 2 is 1.50 bits per heavy atom. The number of amidine groups is 1. The van der Waals surface area contributed by atoms with Gasteiger partial charge in [0.15, 0.2) is 0 Å². The van der Waals surface area contributed by atoms with Gasteiger partial charge in [0.25, 0.3) is 0 Å². The summed E-state index contributed by atoms with van der Waals surface area (Å²) in [4.78, 5) is 5.00. The molecule has 1 N–H and O–H groups in total. The normalized spacial score (nSPS) is 18.5. The lowest BCUT2D eigenvalue weighted by molar-refractivity contribution is 0.412. The fourth-order valence-electron chi connectivity index (χ4n) is 3.31. The smallest absolute Gasteiger partial charge is 0.133 e. The van der Waals surface area contributed by atoms with Gasteiger partial charge in [0.1, 0.15) is 17.6 Å². The van der Waals surface area contributed by atoms with Crippen molar-refractivity contribution >= 4 is 45.0 Å². The van der Waals surface area contributed by atoms with Crippen LogP contribution in [0.4, 0.5) is 0 Å². The van der Waals surface area contributed by atoms with Crippen LogP contribution in [0.25, 0.3) is 0 Å². The quantitative estimate of drug-likeness (QED) is 0.461. The van der Waals surface area contributed by atoms with E-state index in [-0.39, 0.29) is 12.1 Å². The molecule has 0 saturated heterocycles. The van der Waals surface area contributed by atoms with Crippen molar-refractivity contribution in [3.63, 3.8) is 0 Å². The minimum atomic E-state index is -0.0747. The molecule has 0 aliphatic carbocycles. The van der Waals surface area contributed by atoms with Crippen molar-refractivity contribution in [1.82, 2.24) is 5.32 Å². The van der Waals surface area contributed by atoms with Gasteiger partial charge in [-0.3, -0.25) is 4.99 Å². The van der Waals surface area contributed by atoms with E-state index in [9.17, 15) is 0 Å². The van der Waals surface area contributed by atoms with Crippen molar-refractivity contribution in [2.24, 2.45) is 4.99 Å². The molecule has 0 unspecified atom stereocenters. The van der Waals surface area contributed by atoms with Crippen LogP contribution in [0, 0.1) is 0 Å². The van der Waals surface area contributed by atoms with E-state index in [2.05, 4.69) is 21.2 Å². The summed E-state index contributed by atoms with van der Waals surface area (Å²) >= 11 is 15.7. The average molecular weight is 476 g/mol. The Labute approximate surface area is 182 Å². The third-order valence-corrected chi connectivity index (χ3v) is 5.87. The summed E-state index contributed by atoms with van der Waals surface area (Å²) in [5, 5.41) is 5.01. The third-order valence-electron chi connectivity index (χ3n) is 4.74. The van der Waals surface area contributed by atoms with E-state index in [1.807, 2.05) is 66.7 Å². The fourth-order valence-corrected chi connectivity index (χ4v) is 4.10. The van der Waals surface area contributed by atoms with E-state index >= 15 is 0 Å². The molecule has 0 radical (unpaired) electrons. The summed E-state index contributed by atoms with van der Waals surface area (Å²) in [6.45, 7) is 0. The number of halogens is 3. The molecule has 3 aromatic carbocycles. The maximum absolute atomic E-state index is 6.08. The van der Waals surface area contributed by atoms with Crippen molar-refractivity contribution in [2.45, 2.75) is 12.1 Å². The molecule has 3 aromatic rings. The van der Waals surface area contributed by atoms with Gasteiger partial charge in [-0.05, 0) is 69.5 Å². The van der Waals surface area contributed by atoms with Gasteiger partial charge in [-0.1, -0.05) is 47.5 Å². The number of methoxy groups -OCH3 is 1. The largest absolute Gasteiger partial charge is 0.496 e. The molecule has 3 nitrogen and oxygen atoms in total. The molecule has 0 bridgehead atoms. The topological polar surface area (TPSA) is 33.6 Å². The highest BCUT2D eigenvalue weighted by Crippen LogP contribution is 2.38. The Kier molecular flexibility index (Phi) is 5.63. The van der Waals surface area contributed by atoms with E-state index < -0.39 is 0 Å². The molecule has 0 spiro atoms. The number of benzene rings is 3. The molecular formula is C22H17BrCl2N2O. The zero-order chi connectivity index (χ0) is 19.7. The van der Waals surface area contributed by atoms with E-state index in [1.165, 1.54) is 0 Å². The van der Waals surface area contributed by atoms with E-state index in [0.29, 0.717) is 10.0 Å². The van der Waals surface area contributed by atoms with Gasteiger partial charge in [0, 0.05) is 15.6 Å². The van der Waals surface area contributed by atoms with Crippen molar-refractivity contribution in [2.75, 3.05) is 7.11 Å². The van der Waals surface area contributed by atoms with Crippen LogP contribution in [-0.4, -0.2) is 12.9 Å². The highest BCUT2D eigenvalue weighted by Gasteiger charge is 2.32. The van der Waals surface area contributed by atoms with Crippen LogP contribution in [0.5, 0.6) is 5.75 Å². The lowest BCUT2D eigenvalue weighted by Gasteiger charge is -2.20. The van der Waals surface area contributed by atoms with Crippen LogP contribution in [0.2, 0.25) is 10.0 Å². The van der Waals surface area contributed by atoms with Gasteiger partial charge in [0.2, 0.25) is 0 Å². The average Bonchev–Trinajstić information content (AvgIpc) is 3.14. The minimum Gasteiger partial charge on any atom is -0.496 e. The standard InChI is InChI=1S/C22H17BrCl2N2O/c1-28-19-11-6-15(12-18(19)23)22-26-20(13-2-7-16(24)8-3-13)21(27-22)14-4-9-17(25)10-5-14/h2-12,20-21H,1H3,(H,26,27)/t20-,21+. The summed E-state index contributed by atoms with van der Waals surface area (Å²) in [5.41, 5.74) is 3.21. The number of hydrogen-bond donors (Lipinski definition) is 1. The summed E-state index contributed by atoms with van der Waals surface area (Å²) in [5.74, 6) is 1.62. The first-order valence-electron chi connectivity index (χ1n) is 8.74. The van der Waals surface area contributed by atoms with Crippen LogP contribution < -0.4 is 10.1 Å². The van der Waals surface area contributed by atoms with Crippen LogP contribution in [-0.2, 0) is 0 Å². The number of nitrogens with zero attached hydrogens (tertiary/aromatic N) is 1. The summed E-state index contributed by atoms with van der Waals surface area (Å²) in [6, 6.07) is 21.6. The van der Waals surface area contributed by atoms with Gasteiger partial charge in [-0.15, -0.1) is 0 Å². The maximum Gasteiger partial charge on any atom is 0.133 e. The van der Waals surface area contributed by atoms with Crippen molar-refractivity contribution in [1.29, 1.82) is 0 Å². The lowest BCUT2D eigenvalue weighted by atomic mass is 9.95. The van der Waals surface area contributed by atoms with Gasteiger partial charge in [-0.2, -0.15) is 0 Å². The van der Waals surface area contributed by atoms with E-state index in [0.717, 1.165) is 32.7 Å². The van der Waals surface area contributed by atoms with E-state index in [1.54, 1.807) is 7.11 Å². The molecule has 1 aliphatic heterocycles. The van der Waals surface area contributed by atoms with Gasteiger partial charge < -0.3 is 10.1 Å². The molecule has 0 saturated carbocycles. The van der Waals surface area contributed by atoms with Crippen molar-refractivity contribution in [3.8, 4) is 5.75 Å². The van der Waals surface area contributed by atoms with Gasteiger partial charge >= 0.3 is 0 Å². The molecule has 0 fully saturated rings. The maximum atomic E-state index is 6.08. The molecule has 4 rings (SSSR count). The molecule has 0 amide bonds. The first-order chi connectivity index (χ1) is 13.5. The summed E-state index contributed by atoms with van der Waals surface area (Å²) in [7, 11) is 1.65. The van der Waals surface area contributed by atoms with Crippen molar-refractivity contribution in [3.05, 3.63) is 97.9 Å². The monoisotopic (exact) mass is 474 g/mol. The summed E-state index contributed by atoms with van der Waals surface area (Å²) < 4.78 is 6.22. The SMILES string of the molecule is COc1ccc(C2=N[C@H](c3ccc(Cl)cc3)[C@H](c3ccc(Cl)cc3)N2)cc1Br. The fraction of sp³-hybridized carbons (Fsp3) is 0.136. The number of rotatable bonds is 4. The molecule has 1 aliphatic rings. The Bertz CT molecular complexity index is 1020. The summed E-state index contributed by atoms with van der Waals surface area (Å²) in [6.07, 6.45) is 0. The second-order valence-corrected chi connectivity index (χ2v) is 8.22. The third kappa shape index (κ3) is 3.90. The highest BCUT2D eigenvalue weighted by atomic mass is 79.9. The first kappa shape index (κ1) is 19.3. The first-order valence-corrected chi connectivity index (χ1v) is 10.3. The molecule has 6 heteroatoms. The minimum absolute atomic E-state index is 0.00526. The predicted octanol–water partition coefficient (Wildman–Crippen LogP) is 6.60. The van der Waals surface area contributed by atoms with Gasteiger partial charge in [-0.25, -0.2) is 0 Å². The Hall–Kier alpha value is -2.01. The van der Waals surface area contributed by atoms with E-state index in [4.69, 9.17) is 32.9 Å². The molecular weight excluding hydrogens is 459 g/mol. The number of aliphatic imine (C=N–C) groups is 1. The molecule has 1 heterocycles. The number of hydrogen-bond acceptors (Lipinski definition) is 3. The Balaban J connectivity index is 1.74. The van der Waals surface area contributed by atoms with Crippen LogP contribution in [0.15, 0.2) is 76.2 Å². The molecule has 142 valence electrons. The molecule has 0 aromatic heterocycles. The second kappa shape index (κ2) is 8.16. The Morgan fingerprint density at radius 1 is 0.893 bits per heavy atom. The van der Waals surface area contributed by atoms with Crippen LogP contribution in [0.1, 0.15) is 28.8 Å². The Morgan fingerprint density at radius 3 is 2.07 bits per heavy atom.